The van der Waals surface area contributed by atoms with Crippen molar-refractivity contribution in [2.45, 2.75) is 58.2 Å². The summed E-state index contributed by atoms with van der Waals surface area (Å²) >= 11 is 0. The number of nitrogens with zero attached hydrogens (tertiary/aromatic N) is 1. The summed E-state index contributed by atoms with van der Waals surface area (Å²) in [6.07, 6.45) is 5.82. The molecule has 4 atom stereocenters. The lowest BCUT2D eigenvalue weighted by Gasteiger charge is -2.36. The van der Waals surface area contributed by atoms with Crippen molar-refractivity contribution in [3.63, 3.8) is 0 Å². The van der Waals surface area contributed by atoms with Crippen molar-refractivity contribution < 1.29 is 14.6 Å². The Morgan fingerprint density at radius 1 is 1.42 bits per heavy atom. The van der Waals surface area contributed by atoms with Crippen LogP contribution in [0.2, 0.25) is 0 Å². The lowest BCUT2D eigenvalue weighted by molar-refractivity contribution is -0.138. The molecule has 2 aliphatic rings. The number of hydrogen-bond donors (Lipinski definition) is 1. The fourth-order valence-corrected chi connectivity index (χ4v) is 3.47. The van der Waals surface area contributed by atoms with E-state index in [0.717, 1.165) is 19.6 Å². The van der Waals surface area contributed by atoms with Crippen LogP contribution >= 0.6 is 0 Å². The monoisotopic (exact) mass is 269 g/mol. The van der Waals surface area contributed by atoms with Crippen LogP contribution in [0.1, 0.15) is 46.0 Å². The minimum Gasteiger partial charge on any atom is -0.481 e. The Morgan fingerprint density at radius 2 is 2.21 bits per heavy atom. The van der Waals surface area contributed by atoms with Crippen molar-refractivity contribution in [3.8, 4) is 0 Å². The third kappa shape index (κ3) is 4.46. The molecule has 2 saturated heterocycles. The van der Waals surface area contributed by atoms with Gasteiger partial charge in [0.05, 0.1) is 12.2 Å². The summed E-state index contributed by atoms with van der Waals surface area (Å²) in [5.74, 6) is 0.143. The lowest BCUT2D eigenvalue weighted by atomic mass is 9.84. The van der Waals surface area contributed by atoms with E-state index >= 15 is 0 Å². The van der Waals surface area contributed by atoms with Gasteiger partial charge < -0.3 is 14.7 Å². The van der Waals surface area contributed by atoms with Gasteiger partial charge in [-0.25, -0.2) is 0 Å². The molecule has 110 valence electrons. The standard InChI is InChI=1S/C15H27NO3/c1-11(8-15(17)18)13-4-3-7-16(9-13)10-14-6-5-12(2)19-14/h11-14H,3-10H2,1-2H3,(H,17,18). The average Bonchev–Trinajstić information content (AvgIpc) is 2.74. The molecule has 19 heavy (non-hydrogen) atoms. The van der Waals surface area contributed by atoms with Crippen molar-refractivity contribution in [1.82, 2.24) is 4.90 Å². The van der Waals surface area contributed by atoms with Crippen molar-refractivity contribution in [2.24, 2.45) is 11.8 Å². The molecule has 0 spiro atoms. The molecule has 2 aliphatic heterocycles. The van der Waals surface area contributed by atoms with Gasteiger partial charge in [0.25, 0.3) is 0 Å². The van der Waals surface area contributed by atoms with E-state index in [1.807, 2.05) is 0 Å². The number of ether oxygens (including phenoxy) is 1. The van der Waals surface area contributed by atoms with Gasteiger partial charge in [0, 0.05) is 19.5 Å². The van der Waals surface area contributed by atoms with Crippen LogP contribution in [-0.2, 0) is 9.53 Å². The molecule has 0 bridgehead atoms. The highest BCUT2D eigenvalue weighted by molar-refractivity contribution is 5.67. The third-order valence-electron chi connectivity index (χ3n) is 4.63. The van der Waals surface area contributed by atoms with Gasteiger partial charge in [-0.3, -0.25) is 4.79 Å². The minimum absolute atomic E-state index is 0.281. The van der Waals surface area contributed by atoms with E-state index in [-0.39, 0.29) is 5.92 Å². The van der Waals surface area contributed by atoms with Gasteiger partial charge in [0.2, 0.25) is 0 Å². The number of aliphatic carboxylic acids is 1. The molecule has 4 unspecified atom stereocenters. The third-order valence-corrected chi connectivity index (χ3v) is 4.63. The predicted octanol–water partition coefficient (Wildman–Crippen LogP) is 2.38. The first kappa shape index (κ1) is 14.8. The molecule has 0 radical (unpaired) electrons. The number of hydrogen-bond acceptors (Lipinski definition) is 3. The number of carboxylic acids is 1. The molecule has 4 heteroatoms. The van der Waals surface area contributed by atoms with Crippen molar-refractivity contribution >= 4 is 5.97 Å². The fourth-order valence-electron chi connectivity index (χ4n) is 3.47. The largest absolute Gasteiger partial charge is 0.481 e. The molecule has 0 aromatic heterocycles. The summed E-state index contributed by atoms with van der Waals surface area (Å²) in [4.78, 5) is 13.3. The summed E-state index contributed by atoms with van der Waals surface area (Å²) < 4.78 is 5.89. The van der Waals surface area contributed by atoms with Gasteiger partial charge in [-0.1, -0.05) is 6.92 Å². The zero-order chi connectivity index (χ0) is 13.8. The molecule has 0 aromatic carbocycles. The van der Waals surface area contributed by atoms with E-state index in [4.69, 9.17) is 9.84 Å². The van der Waals surface area contributed by atoms with Crippen molar-refractivity contribution in [3.05, 3.63) is 0 Å². The van der Waals surface area contributed by atoms with Crippen LogP contribution in [-0.4, -0.2) is 47.8 Å². The van der Waals surface area contributed by atoms with Crippen LogP contribution in [0.15, 0.2) is 0 Å². The summed E-state index contributed by atoms with van der Waals surface area (Å²) in [6.45, 7) is 7.44. The Kier molecular flexibility index (Phi) is 5.22. The highest BCUT2D eigenvalue weighted by Crippen LogP contribution is 2.27. The lowest BCUT2D eigenvalue weighted by Crippen LogP contribution is -2.42. The Labute approximate surface area is 116 Å². The molecule has 2 rings (SSSR count). The predicted molar refractivity (Wildman–Crippen MR) is 74.1 cm³/mol. The zero-order valence-electron chi connectivity index (χ0n) is 12.2. The number of likely N-dealkylation sites (tertiary alicyclic amines) is 1. The smallest absolute Gasteiger partial charge is 0.303 e. The first-order valence-corrected chi connectivity index (χ1v) is 7.64. The van der Waals surface area contributed by atoms with Gasteiger partial charge in [0.1, 0.15) is 0 Å². The molecule has 2 heterocycles. The second-order valence-electron chi connectivity index (χ2n) is 6.38. The number of rotatable bonds is 5. The van der Waals surface area contributed by atoms with Crippen molar-refractivity contribution in [2.75, 3.05) is 19.6 Å². The van der Waals surface area contributed by atoms with Crippen LogP contribution in [0.25, 0.3) is 0 Å². The summed E-state index contributed by atoms with van der Waals surface area (Å²) in [6, 6.07) is 0. The molecular formula is C15H27NO3. The van der Waals surface area contributed by atoms with Crippen molar-refractivity contribution in [1.29, 1.82) is 0 Å². The Bertz CT molecular complexity index is 308. The quantitative estimate of drug-likeness (QED) is 0.832. The Hall–Kier alpha value is -0.610. The van der Waals surface area contributed by atoms with Gasteiger partial charge in [-0.2, -0.15) is 0 Å². The molecule has 4 nitrogen and oxygen atoms in total. The normalized spacial score (nSPS) is 34.3. The molecule has 0 aliphatic carbocycles. The van der Waals surface area contributed by atoms with Gasteiger partial charge >= 0.3 is 5.97 Å². The summed E-state index contributed by atoms with van der Waals surface area (Å²) in [5.41, 5.74) is 0. The first-order valence-electron chi connectivity index (χ1n) is 7.64. The second-order valence-corrected chi connectivity index (χ2v) is 6.38. The summed E-state index contributed by atoms with van der Waals surface area (Å²) in [5, 5.41) is 8.91. The van der Waals surface area contributed by atoms with E-state index in [9.17, 15) is 4.79 Å². The van der Waals surface area contributed by atoms with Gasteiger partial charge in [-0.05, 0) is 51.0 Å². The van der Waals surface area contributed by atoms with E-state index in [1.54, 1.807) is 0 Å². The van der Waals surface area contributed by atoms with Gasteiger partial charge in [-0.15, -0.1) is 0 Å². The topological polar surface area (TPSA) is 49.8 Å². The molecule has 0 aromatic rings. The summed E-state index contributed by atoms with van der Waals surface area (Å²) in [7, 11) is 0. The van der Waals surface area contributed by atoms with E-state index in [2.05, 4.69) is 18.7 Å². The van der Waals surface area contributed by atoms with Crippen LogP contribution in [0.5, 0.6) is 0 Å². The fraction of sp³-hybridized carbons (Fsp3) is 0.933. The highest BCUT2D eigenvalue weighted by Gasteiger charge is 2.29. The Balaban J connectivity index is 1.78. The highest BCUT2D eigenvalue weighted by atomic mass is 16.5. The Morgan fingerprint density at radius 3 is 2.84 bits per heavy atom. The molecule has 2 fully saturated rings. The maximum absolute atomic E-state index is 10.8. The number of carbonyl (C=O) groups is 1. The van der Waals surface area contributed by atoms with Crippen LogP contribution < -0.4 is 0 Å². The zero-order valence-corrected chi connectivity index (χ0v) is 12.2. The van der Waals surface area contributed by atoms with Crippen LogP contribution in [0.4, 0.5) is 0 Å². The molecule has 0 saturated carbocycles. The van der Waals surface area contributed by atoms with Gasteiger partial charge in [0.15, 0.2) is 0 Å². The van der Waals surface area contributed by atoms with Crippen LogP contribution in [0, 0.1) is 11.8 Å². The average molecular weight is 269 g/mol. The van der Waals surface area contributed by atoms with Crippen LogP contribution in [0.3, 0.4) is 0 Å². The number of piperidine rings is 1. The van der Waals surface area contributed by atoms with E-state index in [0.29, 0.717) is 24.5 Å². The van der Waals surface area contributed by atoms with E-state index in [1.165, 1.54) is 25.7 Å². The molecular weight excluding hydrogens is 242 g/mol. The maximum atomic E-state index is 10.8. The molecule has 0 amide bonds. The van der Waals surface area contributed by atoms with E-state index < -0.39 is 5.97 Å². The SMILES string of the molecule is CC1CCC(CN2CCCC(C(C)CC(=O)O)C2)O1. The maximum Gasteiger partial charge on any atom is 0.303 e. The first-order chi connectivity index (χ1) is 9.04. The molecule has 1 N–H and O–H groups in total. The second kappa shape index (κ2) is 6.71. The number of carboxylic acid groups (broad SMARTS) is 1. The minimum atomic E-state index is -0.669.